The maximum Gasteiger partial charge on any atom is 0.240 e. The van der Waals surface area contributed by atoms with Crippen LogP contribution in [0, 0.1) is 0 Å². The second-order valence-electron chi connectivity index (χ2n) is 6.36. The number of hydrazone groups is 1. The van der Waals surface area contributed by atoms with E-state index in [0.717, 1.165) is 18.4 Å². The molecule has 1 N–H and O–H groups in total. The van der Waals surface area contributed by atoms with Crippen LogP contribution in [-0.2, 0) is 4.79 Å². The first-order chi connectivity index (χ1) is 12.7. The van der Waals surface area contributed by atoms with Gasteiger partial charge in [-0.2, -0.15) is 5.10 Å². The van der Waals surface area contributed by atoms with Gasteiger partial charge in [0.2, 0.25) is 5.91 Å². The number of rotatable bonds is 14. The quantitative estimate of drug-likeness (QED) is 0.285. The molecule has 0 aliphatic rings. The van der Waals surface area contributed by atoms with Crippen LogP contribution in [0.4, 0.5) is 0 Å². The van der Waals surface area contributed by atoms with Gasteiger partial charge < -0.3 is 9.47 Å². The summed E-state index contributed by atoms with van der Waals surface area (Å²) >= 11 is 0. The molecule has 0 heterocycles. The molecule has 0 aliphatic heterocycles. The topological polar surface area (TPSA) is 59.9 Å². The van der Waals surface area contributed by atoms with Crippen molar-refractivity contribution < 1.29 is 14.3 Å². The molecule has 0 fully saturated rings. The van der Waals surface area contributed by atoms with Crippen molar-refractivity contribution in [1.29, 1.82) is 0 Å². The number of benzene rings is 1. The van der Waals surface area contributed by atoms with Crippen LogP contribution < -0.4 is 14.9 Å². The van der Waals surface area contributed by atoms with Gasteiger partial charge in [-0.3, -0.25) is 4.79 Å². The van der Waals surface area contributed by atoms with Gasteiger partial charge in [0.25, 0.3) is 0 Å². The number of methoxy groups -OCH3 is 1. The highest BCUT2D eigenvalue weighted by Crippen LogP contribution is 2.27. The Morgan fingerprint density at radius 1 is 1.04 bits per heavy atom. The van der Waals surface area contributed by atoms with Crippen molar-refractivity contribution in [2.45, 2.75) is 71.6 Å². The summed E-state index contributed by atoms with van der Waals surface area (Å²) in [5.74, 6) is 1.32. The summed E-state index contributed by atoms with van der Waals surface area (Å²) in [7, 11) is 1.60. The Morgan fingerprint density at radius 3 is 2.38 bits per heavy atom. The predicted octanol–water partition coefficient (Wildman–Crippen LogP) is 5.07. The van der Waals surface area contributed by atoms with Crippen molar-refractivity contribution in [2.24, 2.45) is 5.10 Å². The number of ether oxygens (including phenoxy) is 2. The molecular formula is C21H34N2O3. The summed E-state index contributed by atoms with van der Waals surface area (Å²) in [5, 5.41) is 4.02. The Morgan fingerprint density at radius 2 is 1.73 bits per heavy atom. The number of hydrogen-bond acceptors (Lipinski definition) is 4. The summed E-state index contributed by atoms with van der Waals surface area (Å²) in [6.45, 7) is 4.74. The van der Waals surface area contributed by atoms with E-state index in [0.29, 0.717) is 24.5 Å². The first kappa shape index (κ1) is 22.0. The smallest absolute Gasteiger partial charge is 0.240 e. The minimum atomic E-state index is -0.0369. The van der Waals surface area contributed by atoms with E-state index >= 15 is 0 Å². The maximum absolute atomic E-state index is 11.8. The molecule has 1 amide bonds. The molecule has 0 bridgehead atoms. The van der Waals surface area contributed by atoms with Crippen molar-refractivity contribution in [3.63, 3.8) is 0 Å². The van der Waals surface area contributed by atoms with E-state index in [2.05, 4.69) is 17.5 Å². The molecular weight excluding hydrogens is 328 g/mol. The van der Waals surface area contributed by atoms with E-state index in [1.165, 1.54) is 38.5 Å². The Balaban J connectivity index is 2.23. The Labute approximate surface area is 158 Å². The number of carbonyl (C=O) groups excluding carboxylic acids is 1. The zero-order valence-corrected chi connectivity index (χ0v) is 16.6. The van der Waals surface area contributed by atoms with Gasteiger partial charge in [-0.1, -0.05) is 51.9 Å². The fourth-order valence-electron chi connectivity index (χ4n) is 2.69. The molecule has 0 unspecified atom stereocenters. The van der Waals surface area contributed by atoms with Crippen LogP contribution in [0.1, 0.15) is 77.2 Å². The molecule has 0 saturated carbocycles. The van der Waals surface area contributed by atoms with E-state index in [1.54, 1.807) is 13.3 Å². The van der Waals surface area contributed by atoms with E-state index < -0.39 is 0 Å². The maximum atomic E-state index is 11.8. The normalized spacial score (nSPS) is 10.9. The lowest BCUT2D eigenvalue weighted by Crippen LogP contribution is -2.16. The third kappa shape index (κ3) is 9.44. The predicted molar refractivity (Wildman–Crippen MR) is 107 cm³/mol. The van der Waals surface area contributed by atoms with Crippen LogP contribution >= 0.6 is 0 Å². The molecule has 26 heavy (non-hydrogen) atoms. The van der Waals surface area contributed by atoms with Gasteiger partial charge in [0.15, 0.2) is 11.5 Å². The molecule has 0 saturated heterocycles. The second kappa shape index (κ2) is 14.2. The molecule has 1 aromatic rings. The Hall–Kier alpha value is -2.04. The fraction of sp³-hybridized carbons (Fsp3) is 0.619. The zero-order chi connectivity index (χ0) is 19.0. The van der Waals surface area contributed by atoms with Gasteiger partial charge >= 0.3 is 0 Å². The minimum Gasteiger partial charge on any atom is -0.493 e. The molecule has 1 rings (SSSR count). The number of nitrogens with zero attached hydrogens (tertiary/aromatic N) is 1. The molecule has 146 valence electrons. The number of carbonyl (C=O) groups is 1. The van der Waals surface area contributed by atoms with Crippen LogP contribution in [0.5, 0.6) is 11.5 Å². The van der Waals surface area contributed by atoms with Crippen LogP contribution in [0.3, 0.4) is 0 Å². The molecule has 0 spiro atoms. The van der Waals surface area contributed by atoms with Crippen LogP contribution in [0.15, 0.2) is 23.3 Å². The molecule has 0 aliphatic carbocycles. The second-order valence-corrected chi connectivity index (χ2v) is 6.36. The van der Waals surface area contributed by atoms with Gasteiger partial charge in [0.05, 0.1) is 19.9 Å². The van der Waals surface area contributed by atoms with Crippen molar-refractivity contribution >= 4 is 12.1 Å². The van der Waals surface area contributed by atoms with Crippen LogP contribution in [0.25, 0.3) is 0 Å². The molecule has 0 aromatic heterocycles. The summed E-state index contributed by atoms with van der Waals surface area (Å²) in [6.07, 6.45) is 11.9. The van der Waals surface area contributed by atoms with Crippen molar-refractivity contribution in [1.82, 2.24) is 5.43 Å². The molecule has 1 aromatic carbocycles. The summed E-state index contributed by atoms with van der Waals surface area (Å²) in [6, 6.07) is 5.55. The minimum absolute atomic E-state index is 0.0369. The largest absolute Gasteiger partial charge is 0.493 e. The average molecular weight is 363 g/mol. The van der Waals surface area contributed by atoms with E-state index in [1.807, 2.05) is 25.1 Å². The number of amides is 1. The van der Waals surface area contributed by atoms with Gasteiger partial charge in [0.1, 0.15) is 0 Å². The van der Waals surface area contributed by atoms with Crippen molar-refractivity contribution in [2.75, 3.05) is 13.7 Å². The van der Waals surface area contributed by atoms with Crippen molar-refractivity contribution in [3.8, 4) is 11.5 Å². The van der Waals surface area contributed by atoms with Gasteiger partial charge in [-0.15, -0.1) is 0 Å². The van der Waals surface area contributed by atoms with E-state index in [9.17, 15) is 4.79 Å². The Kier molecular flexibility index (Phi) is 12.0. The summed E-state index contributed by atoms with van der Waals surface area (Å²) in [4.78, 5) is 11.8. The monoisotopic (exact) mass is 362 g/mol. The molecule has 5 heteroatoms. The Bertz CT molecular complexity index is 544. The van der Waals surface area contributed by atoms with Crippen LogP contribution in [-0.4, -0.2) is 25.8 Å². The number of nitrogens with one attached hydrogen (secondary N) is 1. The SMILES string of the molecule is CCCCCCCCCCC(=O)N/N=C/c1ccc(OCC)c(OC)c1. The lowest BCUT2D eigenvalue weighted by Gasteiger charge is -2.09. The van der Waals surface area contributed by atoms with Gasteiger partial charge in [-0.05, 0) is 37.1 Å². The van der Waals surface area contributed by atoms with Gasteiger partial charge in [-0.25, -0.2) is 5.43 Å². The zero-order valence-electron chi connectivity index (χ0n) is 16.6. The third-order valence-corrected chi connectivity index (χ3v) is 4.15. The van der Waals surface area contributed by atoms with E-state index in [-0.39, 0.29) is 5.91 Å². The molecule has 0 radical (unpaired) electrons. The molecule has 5 nitrogen and oxygen atoms in total. The highest BCUT2D eigenvalue weighted by Gasteiger charge is 2.04. The average Bonchev–Trinajstić information content (AvgIpc) is 2.65. The lowest BCUT2D eigenvalue weighted by molar-refractivity contribution is -0.121. The first-order valence-corrected chi connectivity index (χ1v) is 9.84. The van der Waals surface area contributed by atoms with Crippen molar-refractivity contribution in [3.05, 3.63) is 23.8 Å². The lowest BCUT2D eigenvalue weighted by atomic mass is 10.1. The van der Waals surface area contributed by atoms with Gasteiger partial charge in [0, 0.05) is 6.42 Å². The fourth-order valence-corrected chi connectivity index (χ4v) is 2.69. The van der Waals surface area contributed by atoms with Crippen LogP contribution in [0.2, 0.25) is 0 Å². The van der Waals surface area contributed by atoms with E-state index in [4.69, 9.17) is 9.47 Å². The summed E-state index contributed by atoms with van der Waals surface area (Å²) in [5.41, 5.74) is 3.43. The molecule has 0 atom stereocenters. The summed E-state index contributed by atoms with van der Waals surface area (Å²) < 4.78 is 10.8. The highest BCUT2D eigenvalue weighted by atomic mass is 16.5. The number of unbranched alkanes of at least 4 members (excludes halogenated alkanes) is 7. The highest BCUT2D eigenvalue weighted by molar-refractivity contribution is 5.83. The standard InChI is InChI=1S/C21H34N2O3/c1-4-6-7-8-9-10-11-12-13-21(24)23-22-17-18-14-15-19(26-5-2)20(16-18)25-3/h14-17H,4-13H2,1-3H3,(H,23,24)/b22-17+. The first-order valence-electron chi connectivity index (χ1n) is 9.84. The number of hydrogen-bond donors (Lipinski definition) is 1. The third-order valence-electron chi connectivity index (χ3n) is 4.15.